The fourth-order valence-corrected chi connectivity index (χ4v) is 1.82. The number of nitrogens with one attached hydrogen (secondary N) is 1. The van der Waals surface area contributed by atoms with Crippen LogP contribution in [0.5, 0.6) is 0 Å². The number of aromatic amines is 1. The normalized spacial score (nSPS) is 12.0. The summed E-state index contributed by atoms with van der Waals surface area (Å²) in [5, 5.41) is 9.15. The maximum atomic E-state index is 11.2. The lowest BCUT2D eigenvalue weighted by molar-refractivity contribution is 0.0695. The lowest BCUT2D eigenvalue weighted by Crippen LogP contribution is -2.07. The second-order valence-corrected chi connectivity index (χ2v) is 3.61. The van der Waals surface area contributed by atoms with E-state index in [0.717, 1.165) is 5.69 Å². The second-order valence-electron chi connectivity index (χ2n) is 3.61. The molecule has 0 fully saturated rings. The second kappa shape index (κ2) is 4.65. The zero-order chi connectivity index (χ0) is 12.3. The summed E-state index contributed by atoms with van der Waals surface area (Å²) < 4.78 is 0. The summed E-state index contributed by atoms with van der Waals surface area (Å²) in [4.78, 5) is 18.1. The maximum absolute atomic E-state index is 11.2. The van der Waals surface area contributed by atoms with Crippen LogP contribution in [-0.2, 0) is 0 Å². The number of H-pyrrole nitrogens is 1. The molecular formula is C13H12N2O2. The number of nitrogens with zero attached hydrogens (tertiary/aromatic N) is 1. The summed E-state index contributed by atoms with van der Waals surface area (Å²) in [6, 6.07) is 6.90. The van der Waals surface area contributed by atoms with Crippen molar-refractivity contribution in [2.24, 2.45) is 0 Å². The number of carboxylic acids is 1. The minimum atomic E-state index is -0.938. The molecule has 2 aromatic rings. The molecule has 4 heteroatoms. The fraction of sp³-hybridized carbons (Fsp3) is 0.0769. The molecule has 0 saturated heterocycles. The Morgan fingerprint density at radius 1 is 1.47 bits per heavy atom. The van der Waals surface area contributed by atoms with Crippen LogP contribution in [0.1, 0.15) is 27.5 Å². The molecule has 0 aliphatic carbocycles. The Labute approximate surface area is 98.6 Å². The van der Waals surface area contributed by atoms with Gasteiger partial charge >= 0.3 is 5.97 Å². The number of hydrogen-bond donors (Lipinski definition) is 2. The summed E-state index contributed by atoms with van der Waals surface area (Å²) in [6.07, 6.45) is 4.94. The molecule has 1 heterocycles. The SMILES string of the molecule is C=CC(c1cnc[nH]1)c1ccccc1C(=O)O. The first-order valence-corrected chi connectivity index (χ1v) is 5.17. The first-order valence-electron chi connectivity index (χ1n) is 5.17. The van der Waals surface area contributed by atoms with Gasteiger partial charge in [-0.2, -0.15) is 0 Å². The Kier molecular flexibility index (Phi) is 3.05. The third-order valence-corrected chi connectivity index (χ3v) is 2.62. The van der Waals surface area contributed by atoms with Crippen molar-refractivity contribution in [2.75, 3.05) is 0 Å². The minimum Gasteiger partial charge on any atom is -0.478 e. The van der Waals surface area contributed by atoms with Crippen LogP contribution in [0.4, 0.5) is 0 Å². The van der Waals surface area contributed by atoms with Crippen molar-refractivity contribution in [1.29, 1.82) is 0 Å². The van der Waals surface area contributed by atoms with E-state index in [-0.39, 0.29) is 11.5 Å². The van der Waals surface area contributed by atoms with Gasteiger partial charge in [0.05, 0.1) is 11.9 Å². The van der Waals surface area contributed by atoms with Crippen LogP contribution in [-0.4, -0.2) is 21.0 Å². The third-order valence-electron chi connectivity index (χ3n) is 2.62. The van der Waals surface area contributed by atoms with Crippen LogP contribution in [0.15, 0.2) is 49.4 Å². The van der Waals surface area contributed by atoms with E-state index >= 15 is 0 Å². The highest BCUT2D eigenvalue weighted by atomic mass is 16.4. The predicted octanol–water partition coefficient (Wildman–Crippen LogP) is 2.43. The molecule has 17 heavy (non-hydrogen) atoms. The molecule has 0 amide bonds. The van der Waals surface area contributed by atoms with Crippen LogP contribution in [0.2, 0.25) is 0 Å². The van der Waals surface area contributed by atoms with E-state index in [1.54, 1.807) is 36.8 Å². The molecule has 0 radical (unpaired) electrons. The number of aromatic nitrogens is 2. The molecule has 1 atom stereocenters. The molecule has 0 bridgehead atoms. The van der Waals surface area contributed by atoms with Crippen molar-refractivity contribution < 1.29 is 9.90 Å². The maximum Gasteiger partial charge on any atom is 0.335 e. The molecule has 0 aliphatic rings. The summed E-state index contributed by atoms with van der Waals surface area (Å²) in [7, 11) is 0. The van der Waals surface area contributed by atoms with Gasteiger partial charge in [-0.1, -0.05) is 24.3 Å². The van der Waals surface area contributed by atoms with Gasteiger partial charge in [0, 0.05) is 17.8 Å². The first-order chi connectivity index (χ1) is 8.24. The van der Waals surface area contributed by atoms with Gasteiger partial charge in [-0.15, -0.1) is 6.58 Å². The molecule has 1 aromatic carbocycles. The zero-order valence-electron chi connectivity index (χ0n) is 9.13. The average molecular weight is 228 g/mol. The fourth-order valence-electron chi connectivity index (χ4n) is 1.82. The van der Waals surface area contributed by atoms with Gasteiger partial charge in [0.25, 0.3) is 0 Å². The van der Waals surface area contributed by atoms with Crippen molar-refractivity contribution in [1.82, 2.24) is 9.97 Å². The molecule has 86 valence electrons. The summed E-state index contributed by atoms with van der Waals surface area (Å²) in [5.41, 5.74) is 1.82. The van der Waals surface area contributed by atoms with E-state index in [0.29, 0.717) is 5.56 Å². The molecule has 4 nitrogen and oxygen atoms in total. The van der Waals surface area contributed by atoms with Gasteiger partial charge in [-0.25, -0.2) is 9.78 Å². The van der Waals surface area contributed by atoms with Crippen LogP contribution < -0.4 is 0 Å². The topological polar surface area (TPSA) is 66.0 Å². The molecule has 1 aromatic heterocycles. The average Bonchev–Trinajstić information content (AvgIpc) is 2.84. The third kappa shape index (κ3) is 2.10. The highest BCUT2D eigenvalue weighted by molar-refractivity contribution is 5.89. The Morgan fingerprint density at radius 2 is 2.24 bits per heavy atom. The van der Waals surface area contributed by atoms with Gasteiger partial charge in [0.1, 0.15) is 0 Å². The monoisotopic (exact) mass is 228 g/mol. The van der Waals surface area contributed by atoms with E-state index < -0.39 is 5.97 Å². The van der Waals surface area contributed by atoms with Crippen molar-refractivity contribution in [3.63, 3.8) is 0 Å². The van der Waals surface area contributed by atoms with E-state index in [4.69, 9.17) is 5.11 Å². The van der Waals surface area contributed by atoms with Gasteiger partial charge in [-0.05, 0) is 11.6 Å². The molecular weight excluding hydrogens is 216 g/mol. The first kappa shape index (κ1) is 11.1. The number of imidazole rings is 1. The number of aromatic carboxylic acids is 1. The van der Waals surface area contributed by atoms with Gasteiger partial charge in [-0.3, -0.25) is 0 Å². The number of benzene rings is 1. The predicted molar refractivity (Wildman–Crippen MR) is 64.0 cm³/mol. The number of hydrogen-bond acceptors (Lipinski definition) is 2. The molecule has 0 spiro atoms. The lowest BCUT2D eigenvalue weighted by atomic mass is 9.92. The minimum absolute atomic E-state index is 0.190. The van der Waals surface area contributed by atoms with E-state index in [1.165, 1.54) is 0 Å². The number of rotatable bonds is 4. The molecule has 0 aliphatic heterocycles. The molecule has 0 saturated carbocycles. The Balaban J connectivity index is 2.51. The van der Waals surface area contributed by atoms with E-state index in [9.17, 15) is 4.79 Å². The molecule has 2 N–H and O–H groups in total. The van der Waals surface area contributed by atoms with Crippen molar-refractivity contribution >= 4 is 5.97 Å². The highest BCUT2D eigenvalue weighted by Crippen LogP contribution is 2.26. The Bertz CT molecular complexity index is 532. The zero-order valence-corrected chi connectivity index (χ0v) is 9.13. The lowest BCUT2D eigenvalue weighted by Gasteiger charge is -2.13. The number of allylic oxidation sites excluding steroid dienone is 1. The van der Waals surface area contributed by atoms with E-state index in [1.807, 2.05) is 6.07 Å². The number of carbonyl (C=O) groups is 1. The van der Waals surface area contributed by atoms with Gasteiger partial charge in [0.15, 0.2) is 0 Å². The van der Waals surface area contributed by atoms with Gasteiger partial charge in [0.2, 0.25) is 0 Å². The highest BCUT2D eigenvalue weighted by Gasteiger charge is 2.18. The van der Waals surface area contributed by atoms with Crippen LogP contribution in [0.3, 0.4) is 0 Å². The summed E-state index contributed by atoms with van der Waals surface area (Å²) >= 11 is 0. The van der Waals surface area contributed by atoms with Crippen LogP contribution in [0.25, 0.3) is 0 Å². The summed E-state index contributed by atoms with van der Waals surface area (Å²) in [6.45, 7) is 3.75. The number of carboxylic acid groups (broad SMARTS) is 1. The van der Waals surface area contributed by atoms with Crippen molar-refractivity contribution in [3.8, 4) is 0 Å². The largest absolute Gasteiger partial charge is 0.478 e. The standard InChI is InChI=1S/C13H12N2O2/c1-2-9(12-7-14-8-15-12)10-5-3-4-6-11(10)13(16)17/h2-9H,1H2,(H,14,15)(H,16,17). The molecule has 2 rings (SSSR count). The molecule has 1 unspecified atom stereocenters. The van der Waals surface area contributed by atoms with Crippen LogP contribution >= 0.6 is 0 Å². The van der Waals surface area contributed by atoms with E-state index in [2.05, 4.69) is 16.5 Å². The Hall–Kier alpha value is -2.36. The van der Waals surface area contributed by atoms with Crippen molar-refractivity contribution in [3.05, 3.63) is 66.3 Å². The quantitative estimate of drug-likeness (QED) is 0.790. The Morgan fingerprint density at radius 3 is 2.82 bits per heavy atom. The van der Waals surface area contributed by atoms with Crippen molar-refractivity contribution in [2.45, 2.75) is 5.92 Å². The van der Waals surface area contributed by atoms with Crippen LogP contribution in [0, 0.1) is 0 Å². The smallest absolute Gasteiger partial charge is 0.335 e. The summed E-state index contributed by atoms with van der Waals surface area (Å²) in [5.74, 6) is -1.13. The van der Waals surface area contributed by atoms with Gasteiger partial charge < -0.3 is 10.1 Å².